The summed E-state index contributed by atoms with van der Waals surface area (Å²) in [6.45, 7) is 10.1. The second kappa shape index (κ2) is 14.3. The highest BCUT2D eigenvalue weighted by atomic mass is 35.5. The van der Waals surface area contributed by atoms with Gasteiger partial charge in [-0.3, -0.25) is 5.41 Å². The van der Waals surface area contributed by atoms with Gasteiger partial charge in [-0.05, 0) is 80.5 Å². The molecule has 12 heteroatoms. The highest BCUT2D eigenvalue weighted by Crippen LogP contribution is 2.41. The Morgan fingerprint density at radius 2 is 1.84 bits per heavy atom. The summed E-state index contributed by atoms with van der Waals surface area (Å²) in [4.78, 5) is 8.90. The Bertz CT molecular complexity index is 1430. The molecule has 2 aliphatic carbocycles. The lowest BCUT2D eigenvalue weighted by Gasteiger charge is -2.32. The molecule has 0 atom stereocenters. The van der Waals surface area contributed by atoms with Crippen LogP contribution in [-0.4, -0.2) is 54.4 Å². The predicted molar refractivity (Wildman–Crippen MR) is 176 cm³/mol. The topological polar surface area (TPSA) is 141 Å². The largest absolute Gasteiger partial charge is 0.488 e. The van der Waals surface area contributed by atoms with E-state index in [0.29, 0.717) is 18.0 Å². The molecule has 5 N–H and O–H groups in total. The molecule has 0 bridgehead atoms. The molecule has 1 aromatic carbocycles. The molecule has 0 amide bonds. The molecule has 1 aromatic heterocycles. The Morgan fingerprint density at radius 1 is 1.14 bits per heavy atom. The third-order valence-corrected chi connectivity index (χ3v) is 9.79. The molecule has 1 heterocycles. The normalized spacial score (nSPS) is 19.4. The first-order valence-corrected chi connectivity index (χ1v) is 17.2. The van der Waals surface area contributed by atoms with Crippen molar-refractivity contribution in [2.75, 3.05) is 23.4 Å². The number of nitrogens with zero attached hydrogens (tertiary/aromatic N) is 2. The summed E-state index contributed by atoms with van der Waals surface area (Å²) in [6.07, 6.45) is 9.72. The number of nitrogens with one attached hydrogen (secondary N) is 5. The molecule has 2 fully saturated rings. The Kier molecular flexibility index (Phi) is 10.9. The Balaban J connectivity index is 1.56. The lowest BCUT2D eigenvalue weighted by atomic mass is 9.80. The zero-order valence-corrected chi connectivity index (χ0v) is 27.6. The molecule has 0 aliphatic heterocycles. The summed E-state index contributed by atoms with van der Waals surface area (Å²) in [5.74, 6) is 1.43. The lowest BCUT2D eigenvalue weighted by molar-refractivity contribution is 0.302. The minimum Gasteiger partial charge on any atom is -0.488 e. The minimum atomic E-state index is -3.82. The number of hydrogen-bond acceptors (Lipinski definition) is 10. The first-order chi connectivity index (χ1) is 20.4. The fourth-order valence-corrected chi connectivity index (χ4v) is 7.13. The highest BCUT2D eigenvalue weighted by Gasteiger charge is 2.29. The summed E-state index contributed by atoms with van der Waals surface area (Å²) in [5, 5.41) is 20.7. The van der Waals surface area contributed by atoms with Crippen LogP contribution in [0.5, 0.6) is 5.75 Å². The van der Waals surface area contributed by atoms with Crippen LogP contribution in [0.1, 0.15) is 83.3 Å². The van der Waals surface area contributed by atoms with Crippen LogP contribution in [-0.2, 0) is 9.84 Å². The maximum atomic E-state index is 12.8. The number of sulfone groups is 1. The van der Waals surface area contributed by atoms with E-state index in [1.807, 2.05) is 0 Å². The minimum absolute atomic E-state index is 0.0333. The van der Waals surface area contributed by atoms with Gasteiger partial charge in [-0.1, -0.05) is 39.3 Å². The first kappa shape index (κ1) is 33.0. The van der Waals surface area contributed by atoms with Crippen molar-refractivity contribution in [1.29, 1.82) is 5.41 Å². The molecule has 0 radical (unpaired) electrons. The number of hydrogen-bond donors (Lipinski definition) is 5. The van der Waals surface area contributed by atoms with Gasteiger partial charge in [0.1, 0.15) is 10.8 Å². The van der Waals surface area contributed by atoms with Crippen molar-refractivity contribution >= 4 is 43.9 Å². The van der Waals surface area contributed by atoms with E-state index in [0.717, 1.165) is 50.0 Å². The molecular formula is C31H46ClN7O3S. The van der Waals surface area contributed by atoms with E-state index in [4.69, 9.17) is 21.7 Å². The zero-order valence-electron chi connectivity index (χ0n) is 26.1. The molecule has 236 valence electrons. The molecule has 4 rings (SSSR count). The van der Waals surface area contributed by atoms with E-state index in [1.165, 1.54) is 23.5 Å². The molecule has 0 unspecified atom stereocenters. The second-order valence-corrected chi connectivity index (χ2v) is 14.8. The smallest absolute Gasteiger partial charge is 0.229 e. The van der Waals surface area contributed by atoms with Gasteiger partial charge in [0.15, 0.2) is 20.7 Å². The van der Waals surface area contributed by atoms with Gasteiger partial charge in [0.2, 0.25) is 5.95 Å². The van der Waals surface area contributed by atoms with Gasteiger partial charge in [0.05, 0.1) is 29.4 Å². The van der Waals surface area contributed by atoms with Crippen molar-refractivity contribution in [1.82, 2.24) is 20.6 Å². The molecule has 0 spiro atoms. The number of aromatic nitrogens is 2. The van der Waals surface area contributed by atoms with Crippen LogP contribution >= 0.6 is 11.6 Å². The monoisotopic (exact) mass is 631 g/mol. The fraction of sp³-hybridized carbons (Fsp3) is 0.581. The van der Waals surface area contributed by atoms with Crippen LogP contribution in [0.3, 0.4) is 0 Å². The Morgan fingerprint density at radius 3 is 2.44 bits per heavy atom. The molecule has 2 saturated carbocycles. The van der Waals surface area contributed by atoms with Gasteiger partial charge in [-0.25, -0.2) is 13.4 Å². The van der Waals surface area contributed by atoms with Crippen LogP contribution in [0, 0.1) is 18.3 Å². The van der Waals surface area contributed by atoms with Crippen molar-refractivity contribution in [3.05, 3.63) is 46.4 Å². The van der Waals surface area contributed by atoms with Crippen LogP contribution in [0.4, 0.5) is 17.5 Å². The SMILES string of the molecule is CN/C=C(/Nc1nc(Nc2cc(C)c([C@H]3CC[C@@H](NC(C)C)CC3)cc2OC2CC2)ncc1Cl)C(=N)S(=O)(=O)CC(C)C. The number of halogens is 1. The third-order valence-electron chi connectivity index (χ3n) is 7.56. The standard InChI is InChI=1S/C31H46ClN7O3S/c1-18(2)17-43(40,41)29(33)27(16-34-6)37-30-25(32)15-35-31(39-30)38-26-13-20(5)24(14-28(26)42-23-11-12-23)21-7-9-22(10-8-21)36-19(3)4/h13-16,18-19,21-23,33-34,36H,7-12,17H2,1-6H3,(H2,35,37,38,39)/b27-16+,33-29?/t21-,22+. The highest BCUT2D eigenvalue weighted by molar-refractivity contribution is 8.06. The average Bonchev–Trinajstić information content (AvgIpc) is 3.75. The molecular weight excluding hydrogens is 586 g/mol. The fourth-order valence-electron chi connectivity index (χ4n) is 5.50. The van der Waals surface area contributed by atoms with Crippen LogP contribution in [0.2, 0.25) is 5.02 Å². The van der Waals surface area contributed by atoms with E-state index in [1.54, 1.807) is 20.9 Å². The van der Waals surface area contributed by atoms with Crippen molar-refractivity contribution in [3.63, 3.8) is 0 Å². The van der Waals surface area contributed by atoms with Crippen LogP contribution in [0.15, 0.2) is 30.2 Å². The van der Waals surface area contributed by atoms with Gasteiger partial charge < -0.3 is 26.0 Å². The van der Waals surface area contributed by atoms with Crippen LogP contribution in [0.25, 0.3) is 0 Å². The summed E-state index contributed by atoms with van der Waals surface area (Å²) in [5.41, 5.74) is 3.30. The molecule has 0 saturated heterocycles. The van der Waals surface area contributed by atoms with Crippen molar-refractivity contribution in [3.8, 4) is 5.75 Å². The van der Waals surface area contributed by atoms with Gasteiger partial charge >= 0.3 is 0 Å². The summed E-state index contributed by atoms with van der Waals surface area (Å²) >= 11 is 6.41. The summed E-state index contributed by atoms with van der Waals surface area (Å²) in [7, 11) is -2.20. The number of benzene rings is 1. The number of ether oxygens (including phenoxy) is 1. The zero-order chi connectivity index (χ0) is 31.3. The third kappa shape index (κ3) is 9.06. The second-order valence-electron chi connectivity index (χ2n) is 12.4. The van der Waals surface area contributed by atoms with E-state index < -0.39 is 14.9 Å². The van der Waals surface area contributed by atoms with E-state index in [9.17, 15) is 8.42 Å². The maximum absolute atomic E-state index is 12.8. The van der Waals surface area contributed by atoms with Gasteiger partial charge in [0.25, 0.3) is 0 Å². The average molecular weight is 632 g/mol. The lowest BCUT2D eigenvalue weighted by Crippen LogP contribution is -2.37. The van der Waals surface area contributed by atoms with Crippen molar-refractivity contribution < 1.29 is 13.2 Å². The quantitative estimate of drug-likeness (QED) is 0.128. The van der Waals surface area contributed by atoms with Gasteiger partial charge in [-0.2, -0.15) is 4.98 Å². The number of rotatable bonds is 13. The summed E-state index contributed by atoms with van der Waals surface area (Å²) < 4.78 is 31.9. The number of aryl methyl sites for hydroxylation is 1. The Labute approximate surface area is 261 Å². The van der Waals surface area contributed by atoms with E-state index in [-0.39, 0.29) is 40.3 Å². The predicted octanol–water partition coefficient (Wildman–Crippen LogP) is 6.27. The molecule has 2 aromatic rings. The van der Waals surface area contributed by atoms with Crippen molar-refractivity contribution in [2.45, 2.75) is 97.2 Å². The first-order valence-electron chi connectivity index (χ1n) is 15.2. The maximum Gasteiger partial charge on any atom is 0.229 e. The van der Waals surface area contributed by atoms with E-state index in [2.05, 4.69) is 64.1 Å². The van der Waals surface area contributed by atoms with Gasteiger partial charge in [-0.15, -0.1) is 0 Å². The summed E-state index contributed by atoms with van der Waals surface area (Å²) in [6, 6.07) is 5.35. The molecule has 2 aliphatic rings. The van der Waals surface area contributed by atoms with Crippen molar-refractivity contribution in [2.24, 2.45) is 5.92 Å². The molecule has 10 nitrogen and oxygen atoms in total. The van der Waals surface area contributed by atoms with Crippen LogP contribution < -0.4 is 26.0 Å². The van der Waals surface area contributed by atoms with Gasteiger partial charge in [0, 0.05) is 25.3 Å². The molecule has 43 heavy (non-hydrogen) atoms. The van der Waals surface area contributed by atoms with E-state index >= 15 is 0 Å². The number of anilines is 3. The Hall–Kier alpha value is -2.89.